The van der Waals surface area contributed by atoms with Crippen molar-refractivity contribution in [1.82, 2.24) is 4.98 Å². The number of thiophene rings is 1. The number of aromatic nitrogens is 1. The summed E-state index contributed by atoms with van der Waals surface area (Å²) >= 11 is 5.07. The summed E-state index contributed by atoms with van der Waals surface area (Å²) in [5.41, 5.74) is 3.58. The van der Waals surface area contributed by atoms with E-state index in [-0.39, 0.29) is 0 Å². The molecule has 110 valence electrons. The van der Waals surface area contributed by atoms with Crippen LogP contribution in [0.25, 0.3) is 0 Å². The molecule has 0 saturated heterocycles. The monoisotopic (exact) mass is 366 g/mol. The van der Waals surface area contributed by atoms with Gasteiger partial charge in [0.2, 0.25) is 0 Å². The third-order valence-electron chi connectivity index (χ3n) is 3.66. The fourth-order valence-electron chi connectivity index (χ4n) is 2.69. The van der Waals surface area contributed by atoms with Gasteiger partial charge in [0.25, 0.3) is 0 Å². The molecule has 4 nitrogen and oxygen atoms in total. The van der Waals surface area contributed by atoms with Crippen LogP contribution in [0, 0.1) is 0 Å². The van der Waals surface area contributed by atoms with Gasteiger partial charge in [0, 0.05) is 19.3 Å². The average molecular weight is 367 g/mol. The van der Waals surface area contributed by atoms with E-state index in [1.54, 1.807) is 17.4 Å². The van der Waals surface area contributed by atoms with E-state index in [9.17, 15) is 9.90 Å². The highest BCUT2D eigenvalue weighted by Gasteiger charge is 2.22. The van der Waals surface area contributed by atoms with Crippen LogP contribution in [0.3, 0.4) is 0 Å². The minimum Gasteiger partial charge on any atom is -0.478 e. The lowest BCUT2D eigenvalue weighted by atomic mass is 10.1. The molecule has 0 spiro atoms. The van der Waals surface area contributed by atoms with Crippen molar-refractivity contribution in [3.8, 4) is 0 Å². The van der Waals surface area contributed by atoms with E-state index in [4.69, 9.17) is 0 Å². The number of halogens is 1. The molecule has 0 amide bonds. The van der Waals surface area contributed by atoms with Crippen LogP contribution in [0.4, 0.5) is 5.82 Å². The minimum absolute atomic E-state index is 0.299. The van der Waals surface area contributed by atoms with Gasteiger partial charge in [-0.25, -0.2) is 9.78 Å². The van der Waals surface area contributed by atoms with Gasteiger partial charge in [-0.3, -0.25) is 0 Å². The second kappa shape index (κ2) is 5.77. The van der Waals surface area contributed by atoms with Crippen molar-refractivity contribution in [3.63, 3.8) is 0 Å². The number of hydrogen-bond acceptors (Lipinski definition) is 4. The van der Waals surface area contributed by atoms with Gasteiger partial charge < -0.3 is 10.0 Å². The standard InChI is InChI=1S/C15H15BrN2O2S/c1-18(7-9-5-13(16)21-8-9)14-11(15(19)20)6-10-3-2-4-12(10)17-14/h5-6,8H,2-4,7H2,1H3,(H,19,20). The molecule has 0 fully saturated rings. The van der Waals surface area contributed by atoms with E-state index in [2.05, 4.69) is 32.4 Å². The number of rotatable bonds is 4. The number of fused-ring (bicyclic) bond motifs is 1. The molecule has 2 heterocycles. The van der Waals surface area contributed by atoms with Gasteiger partial charge in [0.05, 0.1) is 3.79 Å². The topological polar surface area (TPSA) is 53.4 Å². The number of carboxylic acids is 1. The number of pyridine rings is 1. The van der Waals surface area contributed by atoms with E-state index in [0.29, 0.717) is 17.9 Å². The number of carboxylic acid groups (broad SMARTS) is 1. The molecule has 21 heavy (non-hydrogen) atoms. The molecule has 0 unspecified atom stereocenters. The normalized spacial score (nSPS) is 13.2. The van der Waals surface area contributed by atoms with Crippen molar-refractivity contribution in [2.75, 3.05) is 11.9 Å². The van der Waals surface area contributed by atoms with Gasteiger partial charge >= 0.3 is 5.97 Å². The molecular formula is C15H15BrN2O2S. The van der Waals surface area contributed by atoms with E-state index in [0.717, 1.165) is 39.9 Å². The van der Waals surface area contributed by atoms with E-state index < -0.39 is 5.97 Å². The highest BCUT2D eigenvalue weighted by atomic mass is 79.9. The zero-order valence-electron chi connectivity index (χ0n) is 11.6. The Labute approximate surface area is 135 Å². The smallest absolute Gasteiger partial charge is 0.339 e. The molecule has 1 aliphatic carbocycles. The maximum absolute atomic E-state index is 11.5. The van der Waals surface area contributed by atoms with Crippen LogP contribution >= 0.6 is 27.3 Å². The lowest BCUT2D eigenvalue weighted by Gasteiger charge is -2.20. The van der Waals surface area contributed by atoms with Crippen LogP contribution in [-0.4, -0.2) is 23.1 Å². The predicted octanol–water partition coefficient (Wildman–Crippen LogP) is 3.73. The van der Waals surface area contributed by atoms with Crippen molar-refractivity contribution in [1.29, 1.82) is 0 Å². The minimum atomic E-state index is -0.912. The van der Waals surface area contributed by atoms with E-state index >= 15 is 0 Å². The van der Waals surface area contributed by atoms with Gasteiger partial charge in [0.15, 0.2) is 0 Å². The maximum atomic E-state index is 11.5. The van der Waals surface area contributed by atoms with Crippen LogP contribution in [0.5, 0.6) is 0 Å². The van der Waals surface area contributed by atoms with Gasteiger partial charge in [0.1, 0.15) is 11.4 Å². The lowest BCUT2D eigenvalue weighted by Crippen LogP contribution is -2.21. The first kappa shape index (κ1) is 14.5. The summed E-state index contributed by atoms with van der Waals surface area (Å²) in [5.74, 6) is -0.351. The molecule has 0 bridgehead atoms. The molecule has 0 atom stereocenters. The first-order valence-corrected chi connectivity index (χ1v) is 8.42. The number of aryl methyl sites for hydroxylation is 2. The Bertz CT molecular complexity index is 699. The molecule has 0 saturated carbocycles. The molecule has 2 aromatic heterocycles. The summed E-state index contributed by atoms with van der Waals surface area (Å²) in [7, 11) is 1.89. The molecule has 1 N–H and O–H groups in total. The Kier molecular flexibility index (Phi) is 3.99. The number of aromatic carboxylic acids is 1. The Hall–Kier alpha value is -1.40. The van der Waals surface area contributed by atoms with Crippen molar-refractivity contribution in [2.24, 2.45) is 0 Å². The molecule has 0 aromatic carbocycles. The molecule has 1 aliphatic rings. The van der Waals surface area contributed by atoms with Crippen LogP contribution in [0.1, 0.15) is 33.6 Å². The first-order chi connectivity index (χ1) is 10.0. The molecular weight excluding hydrogens is 352 g/mol. The quantitative estimate of drug-likeness (QED) is 0.895. The van der Waals surface area contributed by atoms with Crippen molar-refractivity contribution in [3.05, 3.63) is 43.7 Å². The zero-order valence-corrected chi connectivity index (χ0v) is 14.0. The third kappa shape index (κ3) is 2.96. The van der Waals surface area contributed by atoms with Crippen LogP contribution in [0.2, 0.25) is 0 Å². The van der Waals surface area contributed by atoms with Crippen LogP contribution in [-0.2, 0) is 19.4 Å². The molecule has 6 heteroatoms. The SMILES string of the molecule is CN(Cc1csc(Br)c1)c1nc2c(cc1C(=O)O)CCC2. The van der Waals surface area contributed by atoms with Gasteiger partial charge in [-0.15, -0.1) is 11.3 Å². The molecule has 0 radical (unpaired) electrons. The number of nitrogens with zero attached hydrogens (tertiary/aromatic N) is 2. The largest absolute Gasteiger partial charge is 0.478 e. The zero-order chi connectivity index (χ0) is 15.0. The average Bonchev–Trinajstić information content (AvgIpc) is 3.05. The highest BCUT2D eigenvalue weighted by Crippen LogP contribution is 2.29. The summed E-state index contributed by atoms with van der Waals surface area (Å²) in [6.45, 7) is 0.647. The molecule has 2 aromatic rings. The van der Waals surface area contributed by atoms with Gasteiger partial charge in [-0.1, -0.05) is 0 Å². The van der Waals surface area contributed by atoms with Crippen LogP contribution in [0.15, 0.2) is 21.3 Å². The Morgan fingerprint density at radius 2 is 2.29 bits per heavy atom. The predicted molar refractivity (Wildman–Crippen MR) is 87.3 cm³/mol. The molecule has 0 aliphatic heterocycles. The fraction of sp³-hybridized carbons (Fsp3) is 0.333. The van der Waals surface area contributed by atoms with Gasteiger partial charge in [-0.2, -0.15) is 0 Å². The summed E-state index contributed by atoms with van der Waals surface area (Å²) in [4.78, 5) is 18.0. The fourth-order valence-corrected chi connectivity index (χ4v) is 3.89. The number of anilines is 1. The Morgan fingerprint density at radius 1 is 1.48 bits per heavy atom. The van der Waals surface area contributed by atoms with Crippen molar-refractivity contribution >= 4 is 39.1 Å². The highest BCUT2D eigenvalue weighted by molar-refractivity contribution is 9.11. The second-order valence-electron chi connectivity index (χ2n) is 5.24. The first-order valence-electron chi connectivity index (χ1n) is 6.74. The summed E-state index contributed by atoms with van der Waals surface area (Å²) in [6.07, 6.45) is 2.94. The summed E-state index contributed by atoms with van der Waals surface area (Å²) < 4.78 is 1.08. The van der Waals surface area contributed by atoms with Crippen molar-refractivity contribution in [2.45, 2.75) is 25.8 Å². The Morgan fingerprint density at radius 3 is 2.95 bits per heavy atom. The molecule has 3 rings (SSSR count). The Balaban J connectivity index is 1.94. The third-order valence-corrected chi connectivity index (χ3v) is 5.22. The number of hydrogen-bond donors (Lipinski definition) is 1. The van der Waals surface area contributed by atoms with Crippen LogP contribution < -0.4 is 4.90 Å². The summed E-state index contributed by atoms with van der Waals surface area (Å²) in [5, 5.41) is 11.5. The second-order valence-corrected chi connectivity index (χ2v) is 7.53. The van der Waals surface area contributed by atoms with E-state index in [1.165, 1.54) is 0 Å². The number of carbonyl (C=O) groups is 1. The maximum Gasteiger partial charge on any atom is 0.339 e. The lowest BCUT2D eigenvalue weighted by molar-refractivity contribution is 0.0697. The van der Waals surface area contributed by atoms with Gasteiger partial charge in [-0.05, 0) is 63.8 Å². The van der Waals surface area contributed by atoms with E-state index in [1.807, 2.05) is 11.9 Å². The van der Waals surface area contributed by atoms with Crippen molar-refractivity contribution < 1.29 is 9.90 Å². The summed E-state index contributed by atoms with van der Waals surface area (Å²) in [6, 6.07) is 3.85.